The van der Waals surface area contributed by atoms with Crippen LogP contribution in [0.15, 0.2) is 36.4 Å². The van der Waals surface area contributed by atoms with Gasteiger partial charge in [-0.3, -0.25) is 9.59 Å². The Balaban J connectivity index is 1.06. The van der Waals surface area contributed by atoms with Crippen LogP contribution in [-0.4, -0.2) is 135 Å². The minimum Gasteiger partial charge on any atom is -0.508 e. The summed E-state index contributed by atoms with van der Waals surface area (Å²) in [6.45, 7) is 8.06. The first-order chi connectivity index (χ1) is 41.0. The number of phenols is 2. The van der Waals surface area contributed by atoms with Crippen LogP contribution in [0.25, 0.3) is 0 Å². The molecular weight excluding hydrogens is 1110 g/mol. The number of ether oxygens (including phenoxy) is 3. The number of unbranched alkanes of at least 4 members (excludes halogenated alkanes) is 1. The highest BCUT2D eigenvalue weighted by molar-refractivity contribution is 8.76. The Labute approximate surface area is 513 Å². The van der Waals surface area contributed by atoms with Gasteiger partial charge in [0.15, 0.2) is 11.5 Å². The van der Waals surface area contributed by atoms with Gasteiger partial charge in [-0.2, -0.15) is 0 Å². The molecule has 0 radical (unpaired) electrons. The van der Waals surface area contributed by atoms with Crippen LogP contribution in [0.1, 0.15) is 191 Å². The van der Waals surface area contributed by atoms with Crippen LogP contribution in [0.4, 0.5) is 0 Å². The third-order valence-corrected chi connectivity index (χ3v) is 24.8. The summed E-state index contributed by atoms with van der Waals surface area (Å²) in [5, 5.41) is 78.8. The van der Waals surface area contributed by atoms with Crippen LogP contribution >= 0.6 is 21.6 Å². The maximum absolute atomic E-state index is 15.9. The fraction of sp³-hybridized carbons (Fsp3) is 0.750. The highest BCUT2D eigenvalue weighted by atomic mass is 33.1. The molecule has 1 amide bonds. The number of esters is 2. The van der Waals surface area contributed by atoms with Crippen molar-refractivity contribution in [2.75, 3.05) is 51.0 Å². The molecular formula is C68H99N3O12S2. The lowest BCUT2D eigenvalue weighted by Gasteiger charge is -2.56. The van der Waals surface area contributed by atoms with Crippen molar-refractivity contribution in [3.05, 3.63) is 53.1 Å². The molecule has 17 heteroatoms. The van der Waals surface area contributed by atoms with E-state index in [-0.39, 0.29) is 89.9 Å². The van der Waals surface area contributed by atoms with E-state index in [1.807, 2.05) is 19.1 Å². The van der Waals surface area contributed by atoms with Crippen molar-refractivity contribution in [2.45, 2.75) is 216 Å². The number of aliphatic hydroxyl groups excluding tert-OH is 3. The van der Waals surface area contributed by atoms with Gasteiger partial charge in [0.05, 0.1) is 18.3 Å². The third kappa shape index (κ3) is 14.5. The number of hydrogen-bond acceptors (Lipinski definition) is 16. The summed E-state index contributed by atoms with van der Waals surface area (Å²) < 4.78 is 20.9. The molecule has 470 valence electrons. The monoisotopic (exact) mass is 1210 g/mol. The number of rotatable bonds is 16. The number of aromatic hydroxyl groups is 2. The molecule has 5 fully saturated rings. The number of benzene rings is 2. The molecule has 2 aromatic carbocycles. The minimum atomic E-state index is -1.21. The Bertz CT molecular complexity index is 2650. The first-order valence-electron chi connectivity index (χ1n) is 32.7. The van der Waals surface area contributed by atoms with Crippen molar-refractivity contribution in [3.63, 3.8) is 0 Å². The average Bonchev–Trinajstić information content (AvgIpc) is 1.63. The van der Waals surface area contributed by atoms with Crippen LogP contribution in [-0.2, 0) is 30.3 Å². The molecule has 0 bridgehead atoms. The summed E-state index contributed by atoms with van der Waals surface area (Å²) in [5.74, 6) is 7.50. The Morgan fingerprint density at radius 3 is 2.46 bits per heavy atom. The number of carbonyl (C=O) groups is 3. The van der Waals surface area contributed by atoms with E-state index >= 15 is 4.79 Å². The van der Waals surface area contributed by atoms with Gasteiger partial charge in [-0.1, -0.05) is 91.2 Å². The molecule has 4 aliphatic heterocycles. The smallest absolute Gasteiger partial charge is 0.332 e. The van der Waals surface area contributed by atoms with E-state index in [9.17, 15) is 40.2 Å². The van der Waals surface area contributed by atoms with Gasteiger partial charge in [0.25, 0.3) is 0 Å². The molecule has 85 heavy (non-hydrogen) atoms. The van der Waals surface area contributed by atoms with Gasteiger partial charge in [-0.25, -0.2) is 4.79 Å². The maximum Gasteiger partial charge on any atom is 0.332 e. The first kappa shape index (κ1) is 64.3. The first-order valence-corrected chi connectivity index (χ1v) is 35.2. The number of fused-ring (bicyclic) bond motifs is 5. The van der Waals surface area contributed by atoms with Gasteiger partial charge in [0.2, 0.25) is 5.91 Å². The summed E-state index contributed by atoms with van der Waals surface area (Å²) in [7, 11) is 3.25. The van der Waals surface area contributed by atoms with E-state index in [1.165, 1.54) is 6.92 Å². The SMILES string of the molecule is CC(=O)OC1CC(OC(=O)C23CCCCC2CCC(=O)N3)C2(CCNCC2)C2c3ccc(O)c4c3C(CC2C#CCC2CC(C)(O)CSSCC(NCC(Cc3ccc(O)cc3)CC(C)CCCCO)C(O)CCC21)C(C1(CO)CCCC1)CO4. The van der Waals surface area contributed by atoms with Gasteiger partial charge in [0.1, 0.15) is 23.5 Å². The van der Waals surface area contributed by atoms with Gasteiger partial charge in [-0.05, 0) is 175 Å². The van der Waals surface area contributed by atoms with E-state index in [1.54, 1.807) is 39.8 Å². The van der Waals surface area contributed by atoms with Crippen molar-refractivity contribution in [1.29, 1.82) is 0 Å². The molecule has 8 aliphatic rings. The number of hydrogen-bond donors (Lipinski definition) is 9. The van der Waals surface area contributed by atoms with Crippen molar-refractivity contribution < 1.29 is 59.2 Å². The van der Waals surface area contributed by atoms with Crippen LogP contribution in [0.3, 0.4) is 0 Å². The highest BCUT2D eigenvalue weighted by Gasteiger charge is 2.61. The summed E-state index contributed by atoms with van der Waals surface area (Å²) in [6, 6.07) is 10.9. The fourth-order valence-electron chi connectivity index (χ4n) is 17.8. The Morgan fingerprint density at radius 2 is 1.71 bits per heavy atom. The minimum absolute atomic E-state index is 0.0285. The normalized spacial score (nSPS) is 34.4. The molecule has 2 saturated carbocycles. The fourth-order valence-corrected chi connectivity index (χ4v) is 20.6. The van der Waals surface area contributed by atoms with E-state index in [0.717, 1.165) is 93.7 Å². The molecule has 3 saturated heterocycles. The van der Waals surface area contributed by atoms with Gasteiger partial charge < -0.3 is 60.8 Å². The summed E-state index contributed by atoms with van der Waals surface area (Å²) in [6.07, 6.45) is 13.2. The molecule has 10 rings (SSSR count). The van der Waals surface area contributed by atoms with Crippen molar-refractivity contribution in [2.24, 2.45) is 52.3 Å². The maximum atomic E-state index is 15.9. The van der Waals surface area contributed by atoms with Crippen molar-refractivity contribution in [3.8, 4) is 29.1 Å². The molecule has 9 N–H and O–H groups in total. The summed E-state index contributed by atoms with van der Waals surface area (Å²) in [4.78, 5) is 43.4. The summed E-state index contributed by atoms with van der Waals surface area (Å²) >= 11 is 0. The number of nitrogens with one attached hydrogen (secondary N) is 3. The average molecular weight is 1210 g/mol. The predicted octanol–water partition coefficient (Wildman–Crippen LogP) is 9.61. The Hall–Kier alpha value is -3.73. The lowest BCUT2D eigenvalue weighted by molar-refractivity contribution is -0.183. The Morgan fingerprint density at radius 1 is 0.929 bits per heavy atom. The zero-order valence-electron chi connectivity index (χ0n) is 50.8. The largest absolute Gasteiger partial charge is 0.508 e. The van der Waals surface area contributed by atoms with E-state index < -0.39 is 52.7 Å². The number of carbonyl (C=O) groups excluding carboxylic acids is 3. The van der Waals surface area contributed by atoms with E-state index in [0.29, 0.717) is 114 Å². The quantitative estimate of drug-likeness (QED) is 0.0329. The number of phenolic OH excluding ortho intramolecular Hbond substituents is 2. The third-order valence-electron chi connectivity index (χ3n) is 22.1. The van der Waals surface area contributed by atoms with Crippen LogP contribution < -0.4 is 20.7 Å². The Kier molecular flexibility index (Phi) is 21.5. The molecule has 0 aromatic heterocycles. The van der Waals surface area contributed by atoms with E-state index in [2.05, 4.69) is 40.8 Å². The number of amides is 1. The highest BCUT2D eigenvalue weighted by Crippen LogP contribution is 2.65. The predicted molar refractivity (Wildman–Crippen MR) is 332 cm³/mol. The van der Waals surface area contributed by atoms with Crippen LogP contribution in [0, 0.1) is 64.1 Å². The molecule has 15 atom stereocenters. The second kappa shape index (κ2) is 28.4. The van der Waals surface area contributed by atoms with Crippen LogP contribution in [0.5, 0.6) is 17.2 Å². The number of piperidine rings is 2. The lowest BCUT2D eigenvalue weighted by Crippen LogP contribution is -2.65. The standard InChI is InChI=1S/C68H99N3O12S2/c1-43(11-5-9-32-72)33-46(34-45-15-18-50(75)19-16-45)38-70-55-40-84-85-42-65(3,80)37-48-13-10-12-47-35-53-54(66(41-73)25-7-8-26-66)39-81-63-57(77)23-21-52(61(53)63)62(47)67(28-30-69-31-29-67)59(36-58(82-44(2)74)51(48)20-22-56(55)76)83-64(79)68-27-6-4-14-49(68)17-24-60(78)71-68/h15-16,18-19,21,23,43,46-49,51,53-56,58-59,62,69-70,72-73,75-77,80H,4-9,11,13-14,17,20,22,24-42H2,1-3H3,(H,71,78). The molecule has 1 spiro atoms. The molecule has 15 unspecified atom stereocenters. The molecule has 15 nitrogen and oxygen atoms in total. The zero-order valence-corrected chi connectivity index (χ0v) is 52.5. The molecule has 4 aliphatic carbocycles. The zero-order chi connectivity index (χ0) is 59.9. The van der Waals surface area contributed by atoms with Gasteiger partial charge in [-0.15, -0.1) is 5.92 Å². The molecule has 4 heterocycles. The number of aliphatic hydroxyl groups is 4. The van der Waals surface area contributed by atoms with Gasteiger partial charge >= 0.3 is 11.9 Å². The second-order valence-corrected chi connectivity index (χ2v) is 30.4. The van der Waals surface area contributed by atoms with Crippen LogP contribution in [0.2, 0.25) is 0 Å². The lowest BCUT2D eigenvalue weighted by atomic mass is 9.51. The molecule has 2 aromatic rings. The second-order valence-electron chi connectivity index (χ2n) is 27.9. The van der Waals surface area contributed by atoms with Crippen molar-refractivity contribution in [1.82, 2.24) is 16.0 Å². The van der Waals surface area contributed by atoms with E-state index in [4.69, 9.17) is 14.2 Å². The topological polar surface area (TPSA) is 236 Å². The van der Waals surface area contributed by atoms with Gasteiger partial charge in [0, 0.05) is 97.0 Å². The van der Waals surface area contributed by atoms with Crippen molar-refractivity contribution >= 4 is 39.4 Å². The summed E-state index contributed by atoms with van der Waals surface area (Å²) in [5.41, 5.74) is -0.442.